The average molecular weight is 347 g/mol. The van der Waals surface area contributed by atoms with E-state index in [0.29, 0.717) is 22.0 Å². The molecule has 0 spiro atoms. The lowest BCUT2D eigenvalue weighted by Gasteiger charge is -2.24. The third kappa shape index (κ3) is 2.92. The van der Waals surface area contributed by atoms with Gasteiger partial charge in [-0.2, -0.15) is 0 Å². The lowest BCUT2D eigenvalue weighted by Crippen LogP contribution is -2.34. The minimum absolute atomic E-state index is 0.268. The number of hydrogen-bond donors (Lipinski definition) is 1. The van der Waals surface area contributed by atoms with Crippen molar-refractivity contribution in [1.82, 2.24) is 4.57 Å². The van der Waals surface area contributed by atoms with E-state index in [-0.39, 0.29) is 17.2 Å². The lowest BCUT2D eigenvalue weighted by molar-refractivity contribution is -0.122. The van der Waals surface area contributed by atoms with Crippen LogP contribution >= 0.6 is 11.6 Å². The van der Waals surface area contributed by atoms with Gasteiger partial charge in [0.05, 0.1) is 16.8 Å². The van der Waals surface area contributed by atoms with Gasteiger partial charge in [-0.25, -0.2) is 0 Å². The molecule has 0 radical (unpaired) electrons. The first kappa shape index (κ1) is 16.3. The molecule has 2 atom stereocenters. The quantitative estimate of drug-likeness (QED) is 0.867. The van der Waals surface area contributed by atoms with Gasteiger partial charge in [-0.3, -0.25) is 14.4 Å². The van der Waals surface area contributed by atoms with Crippen LogP contribution in [0.15, 0.2) is 41.3 Å². The summed E-state index contributed by atoms with van der Waals surface area (Å²) < 4.78 is 6.74. The summed E-state index contributed by atoms with van der Waals surface area (Å²) >= 11 is 5.90. The summed E-state index contributed by atoms with van der Waals surface area (Å²) in [6.07, 6.45) is 0.847. The van der Waals surface area contributed by atoms with Crippen LogP contribution in [0.2, 0.25) is 5.02 Å². The van der Waals surface area contributed by atoms with Crippen LogP contribution in [0.25, 0.3) is 0 Å². The Morgan fingerprint density at radius 2 is 2.04 bits per heavy atom. The van der Waals surface area contributed by atoms with Gasteiger partial charge in [0.2, 0.25) is 0 Å². The fraction of sp³-hybridized carbons (Fsp3) is 0.235. The average Bonchev–Trinajstić information content (AvgIpc) is 2.56. The van der Waals surface area contributed by atoms with Gasteiger partial charge in [-0.05, 0) is 38.1 Å². The number of ether oxygens (including phenoxy) is 1. The highest BCUT2D eigenvalue weighted by Crippen LogP contribution is 2.31. The summed E-state index contributed by atoms with van der Waals surface area (Å²) in [4.78, 5) is 36.3. The molecule has 1 aromatic heterocycles. The maximum Gasteiger partial charge on any atom is 0.265 e. The molecule has 2 unspecified atom stereocenters. The maximum absolute atomic E-state index is 12.7. The molecule has 6 nitrogen and oxygen atoms in total. The molecule has 2 aromatic rings. The summed E-state index contributed by atoms with van der Waals surface area (Å²) in [5.74, 6) is -0.0347. The van der Waals surface area contributed by atoms with E-state index >= 15 is 0 Å². The molecule has 2 heterocycles. The molecule has 0 saturated carbocycles. The standard InChI is InChI=1S/C17H15ClN2O4/c1-9(20-8-12(18)4-6-15(20)21)16(22)11-3-5-14-13(7-11)19-17(23)10(2)24-14/h3-10H,1-2H3,(H,19,23). The zero-order valence-electron chi connectivity index (χ0n) is 13.1. The highest BCUT2D eigenvalue weighted by Gasteiger charge is 2.25. The molecule has 0 aliphatic carbocycles. The number of benzene rings is 1. The number of anilines is 1. The normalized spacial score (nSPS) is 17.5. The molecule has 1 aromatic carbocycles. The summed E-state index contributed by atoms with van der Waals surface area (Å²) in [5.41, 5.74) is 0.491. The fourth-order valence-electron chi connectivity index (χ4n) is 2.51. The monoisotopic (exact) mass is 346 g/mol. The molecule has 3 rings (SSSR count). The molecule has 0 fully saturated rings. The van der Waals surface area contributed by atoms with Crippen LogP contribution in [0.1, 0.15) is 30.2 Å². The van der Waals surface area contributed by atoms with E-state index in [1.165, 1.54) is 22.9 Å². The van der Waals surface area contributed by atoms with E-state index < -0.39 is 12.1 Å². The summed E-state index contributed by atoms with van der Waals surface area (Å²) in [5, 5.41) is 3.07. The molecular weight excluding hydrogens is 332 g/mol. The van der Waals surface area contributed by atoms with Crippen LogP contribution in [0.5, 0.6) is 5.75 Å². The van der Waals surface area contributed by atoms with Gasteiger partial charge in [0, 0.05) is 17.8 Å². The number of hydrogen-bond acceptors (Lipinski definition) is 4. The van der Waals surface area contributed by atoms with Gasteiger partial charge in [0.1, 0.15) is 5.75 Å². The Labute approximate surface area is 143 Å². The molecule has 0 bridgehead atoms. The Hall–Kier alpha value is -2.60. The molecular formula is C17H15ClN2O4. The number of halogens is 1. The first-order chi connectivity index (χ1) is 11.4. The van der Waals surface area contributed by atoms with Crippen molar-refractivity contribution >= 4 is 29.0 Å². The number of amides is 1. The van der Waals surface area contributed by atoms with Crippen molar-refractivity contribution < 1.29 is 14.3 Å². The van der Waals surface area contributed by atoms with Crippen LogP contribution in [0, 0.1) is 0 Å². The van der Waals surface area contributed by atoms with Crippen molar-refractivity contribution in [3.05, 3.63) is 57.5 Å². The zero-order chi connectivity index (χ0) is 17.4. The Morgan fingerprint density at radius 1 is 1.29 bits per heavy atom. The number of aromatic nitrogens is 1. The minimum atomic E-state index is -0.728. The van der Waals surface area contributed by atoms with Gasteiger partial charge in [0.15, 0.2) is 11.9 Å². The highest BCUT2D eigenvalue weighted by atomic mass is 35.5. The molecule has 1 aliphatic rings. The predicted molar refractivity (Wildman–Crippen MR) is 89.9 cm³/mol. The SMILES string of the molecule is CC1Oc2ccc(C(=O)C(C)n3cc(Cl)ccc3=O)cc2NC1=O. The Balaban J connectivity index is 1.93. The lowest BCUT2D eigenvalue weighted by atomic mass is 10.0. The van der Waals surface area contributed by atoms with Crippen LogP contribution in [-0.4, -0.2) is 22.4 Å². The summed E-state index contributed by atoms with van der Waals surface area (Å²) in [7, 11) is 0. The van der Waals surface area contributed by atoms with E-state index in [1.807, 2.05) is 0 Å². The first-order valence-electron chi connectivity index (χ1n) is 7.40. The maximum atomic E-state index is 12.7. The number of carbonyl (C=O) groups is 2. The second-order valence-corrected chi connectivity index (χ2v) is 6.03. The number of fused-ring (bicyclic) bond motifs is 1. The van der Waals surface area contributed by atoms with E-state index in [1.54, 1.807) is 32.0 Å². The van der Waals surface area contributed by atoms with Gasteiger partial charge in [0.25, 0.3) is 11.5 Å². The highest BCUT2D eigenvalue weighted by molar-refractivity contribution is 6.30. The number of Topliss-reactive ketones (excluding diaryl/α,β-unsaturated/α-hetero) is 1. The Kier molecular flexibility index (Phi) is 4.15. The number of carbonyl (C=O) groups excluding carboxylic acids is 2. The number of ketones is 1. The molecule has 1 amide bonds. The third-order valence-electron chi connectivity index (χ3n) is 3.89. The van der Waals surface area contributed by atoms with Crippen molar-refractivity contribution in [3.63, 3.8) is 0 Å². The topological polar surface area (TPSA) is 77.4 Å². The summed E-state index contributed by atoms with van der Waals surface area (Å²) in [6.45, 7) is 3.27. The molecule has 0 saturated heterocycles. The Bertz CT molecular complexity index is 890. The van der Waals surface area contributed by atoms with E-state index in [0.717, 1.165) is 0 Å². The van der Waals surface area contributed by atoms with Crippen LogP contribution in [0.4, 0.5) is 5.69 Å². The smallest absolute Gasteiger partial charge is 0.265 e. The molecule has 1 aliphatic heterocycles. The van der Waals surface area contributed by atoms with Gasteiger partial charge in [-0.15, -0.1) is 0 Å². The molecule has 24 heavy (non-hydrogen) atoms. The third-order valence-corrected chi connectivity index (χ3v) is 4.12. The van der Waals surface area contributed by atoms with Crippen molar-refractivity contribution in [1.29, 1.82) is 0 Å². The Morgan fingerprint density at radius 3 is 2.79 bits per heavy atom. The predicted octanol–water partition coefficient (Wildman–Crippen LogP) is 2.67. The number of rotatable bonds is 3. The van der Waals surface area contributed by atoms with E-state index in [4.69, 9.17) is 16.3 Å². The van der Waals surface area contributed by atoms with E-state index in [9.17, 15) is 14.4 Å². The van der Waals surface area contributed by atoms with Crippen molar-refractivity contribution in [2.45, 2.75) is 26.0 Å². The molecule has 1 N–H and O–H groups in total. The molecule has 7 heteroatoms. The van der Waals surface area contributed by atoms with Crippen LogP contribution in [-0.2, 0) is 4.79 Å². The van der Waals surface area contributed by atoms with Gasteiger partial charge in [-0.1, -0.05) is 11.6 Å². The second kappa shape index (κ2) is 6.13. The molecule has 124 valence electrons. The van der Waals surface area contributed by atoms with Crippen LogP contribution in [0.3, 0.4) is 0 Å². The second-order valence-electron chi connectivity index (χ2n) is 5.59. The van der Waals surface area contributed by atoms with Crippen molar-refractivity contribution in [2.75, 3.05) is 5.32 Å². The van der Waals surface area contributed by atoms with Crippen LogP contribution < -0.4 is 15.6 Å². The number of nitrogens with zero attached hydrogens (tertiary/aromatic N) is 1. The largest absolute Gasteiger partial charge is 0.479 e. The zero-order valence-corrected chi connectivity index (χ0v) is 13.8. The van der Waals surface area contributed by atoms with Gasteiger partial charge < -0.3 is 14.6 Å². The number of nitrogens with one attached hydrogen (secondary N) is 1. The first-order valence-corrected chi connectivity index (χ1v) is 7.78. The van der Waals surface area contributed by atoms with Crippen molar-refractivity contribution in [2.24, 2.45) is 0 Å². The number of pyridine rings is 1. The summed E-state index contributed by atoms with van der Waals surface area (Å²) in [6, 6.07) is 6.85. The van der Waals surface area contributed by atoms with E-state index in [2.05, 4.69) is 5.32 Å². The van der Waals surface area contributed by atoms with Gasteiger partial charge >= 0.3 is 0 Å². The van der Waals surface area contributed by atoms with Crippen molar-refractivity contribution in [3.8, 4) is 5.75 Å². The fourth-order valence-corrected chi connectivity index (χ4v) is 2.68. The minimum Gasteiger partial charge on any atom is -0.479 e.